The zero-order valence-corrected chi connectivity index (χ0v) is 22.0. The van der Waals surface area contributed by atoms with Crippen LogP contribution in [-0.2, 0) is 9.59 Å². The molecule has 1 heterocycles. The largest absolute Gasteiger partial charge is 0.496 e. The fraction of sp³-hybridized carbons (Fsp3) is 0.0769. The highest BCUT2D eigenvalue weighted by Gasteiger charge is 2.39. The first-order valence-corrected chi connectivity index (χ1v) is 12.0. The van der Waals surface area contributed by atoms with E-state index in [9.17, 15) is 24.3 Å². The molecule has 0 atom stereocenters. The van der Waals surface area contributed by atoms with Gasteiger partial charge in [-0.25, -0.2) is 9.69 Å². The highest BCUT2D eigenvalue weighted by molar-refractivity contribution is 6.53. The average molecular weight is 575 g/mol. The first kappa shape index (κ1) is 27.0. The van der Waals surface area contributed by atoms with E-state index in [-0.39, 0.29) is 38.3 Å². The van der Waals surface area contributed by atoms with Crippen molar-refractivity contribution in [3.05, 3.63) is 92.1 Å². The highest BCUT2D eigenvalue weighted by atomic mass is 35.5. The molecular formula is C26H18Cl3N3O6. The van der Waals surface area contributed by atoms with Crippen LogP contribution in [0.4, 0.5) is 17.1 Å². The van der Waals surface area contributed by atoms with Crippen molar-refractivity contribution in [2.75, 3.05) is 22.6 Å². The van der Waals surface area contributed by atoms with Crippen LogP contribution < -0.4 is 20.3 Å². The second kappa shape index (κ2) is 10.7. The zero-order chi connectivity index (χ0) is 27.7. The molecule has 0 aromatic heterocycles. The summed E-state index contributed by atoms with van der Waals surface area (Å²) < 4.78 is 5.08. The molecule has 3 aromatic rings. The molecule has 12 heteroatoms. The number of aryl methyl sites for hydroxylation is 1. The second-order valence-electron chi connectivity index (χ2n) is 8.06. The quantitative estimate of drug-likeness (QED) is 0.309. The molecule has 0 aliphatic carbocycles. The molecule has 38 heavy (non-hydrogen) atoms. The summed E-state index contributed by atoms with van der Waals surface area (Å²) in [6, 6.07) is 13.4. The van der Waals surface area contributed by atoms with Crippen LogP contribution in [0.1, 0.15) is 26.3 Å². The molecule has 9 nitrogen and oxygen atoms in total. The summed E-state index contributed by atoms with van der Waals surface area (Å²) >= 11 is 18.4. The Labute approximate surface area is 231 Å². The number of rotatable bonds is 7. The van der Waals surface area contributed by atoms with Gasteiger partial charge in [0.15, 0.2) is 0 Å². The fourth-order valence-corrected chi connectivity index (χ4v) is 4.31. The number of aromatic carboxylic acids is 1. The van der Waals surface area contributed by atoms with Gasteiger partial charge in [0.1, 0.15) is 22.0 Å². The summed E-state index contributed by atoms with van der Waals surface area (Å²) in [5.41, 5.74) is 1.23. The number of carbonyl (C=O) groups is 4. The Bertz CT molecular complexity index is 1550. The van der Waals surface area contributed by atoms with Crippen LogP contribution in [0.25, 0.3) is 0 Å². The Morgan fingerprint density at radius 2 is 1.71 bits per heavy atom. The number of carbonyl (C=O) groups excluding carboxylic acids is 3. The van der Waals surface area contributed by atoms with Gasteiger partial charge in [-0.15, -0.1) is 0 Å². The van der Waals surface area contributed by atoms with Crippen LogP contribution in [0.2, 0.25) is 10.0 Å². The number of benzene rings is 3. The Kier molecular flexibility index (Phi) is 7.63. The van der Waals surface area contributed by atoms with Crippen molar-refractivity contribution in [3.8, 4) is 5.75 Å². The van der Waals surface area contributed by atoms with Crippen molar-refractivity contribution in [3.63, 3.8) is 0 Å². The fourth-order valence-electron chi connectivity index (χ4n) is 3.72. The van der Waals surface area contributed by atoms with E-state index in [1.54, 1.807) is 31.2 Å². The second-order valence-corrected chi connectivity index (χ2v) is 9.28. The van der Waals surface area contributed by atoms with E-state index >= 15 is 0 Å². The van der Waals surface area contributed by atoms with Gasteiger partial charge in [0.25, 0.3) is 17.7 Å². The number of carboxylic acids is 1. The van der Waals surface area contributed by atoms with Gasteiger partial charge < -0.3 is 20.5 Å². The van der Waals surface area contributed by atoms with Gasteiger partial charge in [0, 0.05) is 22.3 Å². The van der Waals surface area contributed by atoms with Crippen LogP contribution in [0, 0.1) is 6.92 Å². The maximum absolute atomic E-state index is 13.1. The molecule has 0 unspecified atom stereocenters. The molecule has 1 aliphatic rings. The lowest BCUT2D eigenvalue weighted by Crippen LogP contribution is -2.32. The summed E-state index contributed by atoms with van der Waals surface area (Å²) in [5, 5.41) is 14.7. The van der Waals surface area contributed by atoms with Gasteiger partial charge in [0.2, 0.25) is 0 Å². The smallest absolute Gasteiger partial charge is 0.339 e. The monoisotopic (exact) mass is 573 g/mol. The lowest BCUT2D eigenvalue weighted by Gasteiger charge is -2.18. The Balaban J connectivity index is 1.57. The number of anilines is 3. The van der Waals surface area contributed by atoms with Gasteiger partial charge in [0.05, 0.1) is 23.5 Å². The first-order chi connectivity index (χ1) is 18.0. The molecule has 0 spiro atoms. The van der Waals surface area contributed by atoms with Crippen LogP contribution in [0.15, 0.2) is 65.3 Å². The third-order valence-corrected chi connectivity index (χ3v) is 6.50. The van der Waals surface area contributed by atoms with Gasteiger partial charge >= 0.3 is 5.97 Å². The zero-order valence-electron chi connectivity index (χ0n) is 19.8. The van der Waals surface area contributed by atoms with Gasteiger partial charge in [-0.1, -0.05) is 46.9 Å². The van der Waals surface area contributed by atoms with Crippen molar-refractivity contribution in [1.82, 2.24) is 0 Å². The predicted octanol–water partition coefficient (Wildman–Crippen LogP) is 5.70. The van der Waals surface area contributed by atoms with Crippen LogP contribution in [0.3, 0.4) is 0 Å². The number of nitrogens with zero attached hydrogens (tertiary/aromatic N) is 1. The minimum atomic E-state index is -1.24. The molecule has 0 saturated carbocycles. The number of halogens is 3. The first-order valence-electron chi connectivity index (χ1n) is 10.9. The van der Waals surface area contributed by atoms with Crippen molar-refractivity contribution >= 4 is 75.6 Å². The molecule has 3 N–H and O–H groups in total. The number of methoxy groups -OCH3 is 1. The number of nitrogens with one attached hydrogen (secondary N) is 2. The SMILES string of the molecule is COc1cc(NC(=O)c2cccc(NC3=C(Cl)C(=O)N(c4cc(Cl)ccc4C)C3=O)c2)c(Cl)cc1C(=O)O. The molecule has 3 amide bonds. The van der Waals surface area contributed by atoms with Crippen molar-refractivity contribution in [2.45, 2.75) is 6.92 Å². The van der Waals surface area contributed by atoms with E-state index in [1.165, 1.54) is 37.4 Å². The predicted molar refractivity (Wildman–Crippen MR) is 145 cm³/mol. The molecular weight excluding hydrogens is 557 g/mol. The number of ether oxygens (including phenoxy) is 1. The third kappa shape index (κ3) is 5.17. The molecule has 0 saturated heterocycles. The molecule has 0 fully saturated rings. The summed E-state index contributed by atoms with van der Waals surface area (Å²) in [5.74, 6) is -3.20. The number of imide groups is 1. The molecule has 0 radical (unpaired) electrons. The maximum atomic E-state index is 13.1. The lowest BCUT2D eigenvalue weighted by atomic mass is 10.1. The maximum Gasteiger partial charge on any atom is 0.339 e. The van der Waals surface area contributed by atoms with E-state index < -0.39 is 23.7 Å². The lowest BCUT2D eigenvalue weighted by molar-refractivity contribution is -0.120. The summed E-state index contributed by atoms with van der Waals surface area (Å²) in [6.45, 7) is 1.73. The van der Waals surface area contributed by atoms with Crippen LogP contribution in [-0.4, -0.2) is 35.9 Å². The van der Waals surface area contributed by atoms with Crippen molar-refractivity contribution in [1.29, 1.82) is 0 Å². The van der Waals surface area contributed by atoms with Crippen LogP contribution in [0.5, 0.6) is 5.75 Å². The third-order valence-electron chi connectivity index (χ3n) is 5.60. The average Bonchev–Trinajstić information content (AvgIpc) is 3.09. The highest BCUT2D eigenvalue weighted by Crippen LogP contribution is 2.34. The topological polar surface area (TPSA) is 125 Å². The standard InChI is InChI=1S/C26H18Cl3N3O6/c1-12-6-7-14(27)9-19(12)32-24(34)21(29)22(25(32)35)30-15-5-3-4-13(8-15)23(33)31-18-11-20(38-2)16(26(36)37)10-17(18)28/h3-11,30H,1-2H3,(H,31,33)(H,36,37). The Hall–Kier alpha value is -4.05. The Morgan fingerprint density at radius 1 is 0.974 bits per heavy atom. The normalized spacial score (nSPS) is 13.1. The Morgan fingerprint density at radius 3 is 2.39 bits per heavy atom. The van der Waals surface area contributed by atoms with Gasteiger partial charge in [-0.3, -0.25) is 14.4 Å². The minimum absolute atomic E-state index is 0.00534. The number of carboxylic acid groups (broad SMARTS) is 1. The van der Waals surface area contributed by atoms with E-state index in [0.29, 0.717) is 22.0 Å². The molecule has 3 aromatic carbocycles. The summed E-state index contributed by atoms with van der Waals surface area (Å²) in [7, 11) is 1.29. The van der Waals surface area contributed by atoms with E-state index in [2.05, 4.69) is 10.6 Å². The summed E-state index contributed by atoms with van der Waals surface area (Å²) in [4.78, 5) is 51.2. The van der Waals surface area contributed by atoms with E-state index in [4.69, 9.17) is 39.5 Å². The molecule has 0 bridgehead atoms. The van der Waals surface area contributed by atoms with Crippen molar-refractivity contribution in [2.24, 2.45) is 0 Å². The minimum Gasteiger partial charge on any atom is -0.496 e. The van der Waals surface area contributed by atoms with E-state index in [0.717, 1.165) is 4.90 Å². The number of amides is 3. The molecule has 194 valence electrons. The van der Waals surface area contributed by atoms with Gasteiger partial charge in [-0.05, 0) is 48.9 Å². The number of hydrogen-bond donors (Lipinski definition) is 3. The number of hydrogen-bond acceptors (Lipinski definition) is 6. The molecule has 1 aliphatic heterocycles. The van der Waals surface area contributed by atoms with E-state index in [1.807, 2.05) is 0 Å². The van der Waals surface area contributed by atoms with Gasteiger partial charge in [-0.2, -0.15) is 0 Å². The molecule has 4 rings (SSSR count). The summed E-state index contributed by atoms with van der Waals surface area (Å²) in [6.07, 6.45) is 0. The van der Waals surface area contributed by atoms with Crippen LogP contribution >= 0.6 is 34.8 Å². The van der Waals surface area contributed by atoms with Crippen molar-refractivity contribution < 1.29 is 29.0 Å².